The second-order valence-electron chi connectivity index (χ2n) is 5.04. The quantitative estimate of drug-likeness (QED) is 0.798. The Morgan fingerprint density at radius 2 is 1.60 bits per heavy atom. The molecule has 1 aliphatic rings. The van der Waals surface area contributed by atoms with Crippen molar-refractivity contribution in [1.29, 1.82) is 0 Å². The monoisotopic (exact) mass is 203 g/mol. The normalized spacial score (nSPS) is 18.9. The Hall–Kier alpha value is -0.820. The SMILES string of the molecule is CC(C)c1ccc([C@H](N)C2CCC2)cc1. The molecule has 2 rings (SSSR count). The van der Waals surface area contributed by atoms with Crippen molar-refractivity contribution in [2.75, 3.05) is 0 Å². The Bertz CT molecular complexity index is 309. The summed E-state index contributed by atoms with van der Waals surface area (Å²) >= 11 is 0. The van der Waals surface area contributed by atoms with Crippen molar-refractivity contribution in [3.63, 3.8) is 0 Å². The lowest BCUT2D eigenvalue weighted by atomic mass is 9.77. The molecule has 1 aromatic carbocycles. The third-order valence-corrected chi connectivity index (χ3v) is 3.65. The van der Waals surface area contributed by atoms with E-state index in [1.165, 1.54) is 30.4 Å². The van der Waals surface area contributed by atoms with Crippen molar-refractivity contribution in [1.82, 2.24) is 0 Å². The summed E-state index contributed by atoms with van der Waals surface area (Å²) in [5, 5.41) is 0. The van der Waals surface area contributed by atoms with Crippen molar-refractivity contribution in [2.24, 2.45) is 11.7 Å². The zero-order valence-electron chi connectivity index (χ0n) is 9.74. The second kappa shape index (κ2) is 4.36. The molecule has 0 amide bonds. The van der Waals surface area contributed by atoms with Gasteiger partial charge in [0, 0.05) is 6.04 Å². The average Bonchev–Trinajstić information content (AvgIpc) is 2.15. The summed E-state index contributed by atoms with van der Waals surface area (Å²) < 4.78 is 0. The van der Waals surface area contributed by atoms with Gasteiger partial charge in [0.15, 0.2) is 0 Å². The molecule has 0 spiro atoms. The molecule has 1 aliphatic carbocycles. The summed E-state index contributed by atoms with van der Waals surface area (Å²) in [7, 11) is 0. The first-order valence-electron chi connectivity index (χ1n) is 6.04. The number of hydrogen-bond donors (Lipinski definition) is 1. The maximum Gasteiger partial charge on any atom is 0.0323 e. The van der Waals surface area contributed by atoms with Crippen LogP contribution in [-0.2, 0) is 0 Å². The van der Waals surface area contributed by atoms with Crippen LogP contribution in [0, 0.1) is 5.92 Å². The summed E-state index contributed by atoms with van der Waals surface area (Å²) in [5.41, 5.74) is 8.94. The van der Waals surface area contributed by atoms with Gasteiger partial charge in [0.1, 0.15) is 0 Å². The Labute approximate surface area is 92.7 Å². The predicted molar refractivity (Wildman–Crippen MR) is 64.8 cm³/mol. The van der Waals surface area contributed by atoms with E-state index < -0.39 is 0 Å². The molecule has 0 unspecified atom stereocenters. The third-order valence-electron chi connectivity index (χ3n) is 3.65. The van der Waals surface area contributed by atoms with Crippen LogP contribution in [0.1, 0.15) is 56.2 Å². The molecule has 0 radical (unpaired) electrons. The number of benzene rings is 1. The molecule has 1 fully saturated rings. The Morgan fingerprint density at radius 1 is 1.07 bits per heavy atom. The lowest BCUT2D eigenvalue weighted by Gasteiger charge is -2.31. The molecule has 1 heteroatoms. The van der Waals surface area contributed by atoms with E-state index in [2.05, 4.69) is 38.1 Å². The Balaban J connectivity index is 2.08. The fourth-order valence-corrected chi connectivity index (χ4v) is 2.17. The smallest absolute Gasteiger partial charge is 0.0323 e. The number of rotatable bonds is 3. The van der Waals surface area contributed by atoms with E-state index in [0.29, 0.717) is 5.92 Å². The van der Waals surface area contributed by atoms with Crippen molar-refractivity contribution in [3.8, 4) is 0 Å². The minimum Gasteiger partial charge on any atom is -0.324 e. The molecule has 0 heterocycles. The molecule has 0 bridgehead atoms. The topological polar surface area (TPSA) is 26.0 Å². The van der Waals surface area contributed by atoms with Crippen LogP contribution >= 0.6 is 0 Å². The summed E-state index contributed by atoms with van der Waals surface area (Å²) in [5.74, 6) is 1.34. The van der Waals surface area contributed by atoms with Gasteiger partial charge in [-0.2, -0.15) is 0 Å². The largest absolute Gasteiger partial charge is 0.324 e. The zero-order valence-corrected chi connectivity index (χ0v) is 9.74. The van der Waals surface area contributed by atoms with Gasteiger partial charge in [-0.05, 0) is 35.8 Å². The zero-order chi connectivity index (χ0) is 10.8. The molecule has 2 N–H and O–H groups in total. The van der Waals surface area contributed by atoms with E-state index in [-0.39, 0.29) is 6.04 Å². The maximum atomic E-state index is 6.23. The van der Waals surface area contributed by atoms with Crippen molar-refractivity contribution in [2.45, 2.75) is 45.1 Å². The fourth-order valence-electron chi connectivity index (χ4n) is 2.17. The molecule has 1 nitrogen and oxygen atoms in total. The molecule has 82 valence electrons. The van der Waals surface area contributed by atoms with E-state index in [0.717, 1.165) is 5.92 Å². The predicted octanol–water partition coefficient (Wildman–Crippen LogP) is 3.61. The highest BCUT2D eigenvalue weighted by Crippen LogP contribution is 2.36. The second-order valence-corrected chi connectivity index (χ2v) is 5.04. The highest BCUT2D eigenvalue weighted by molar-refractivity contribution is 5.27. The van der Waals surface area contributed by atoms with Gasteiger partial charge in [0.05, 0.1) is 0 Å². The maximum absolute atomic E-state index is 6.23. The molecular weight excluding hydrogens is 182 g/mol. The molecular formula is C14H21N. The molecule has 1 saturated carbocycles. The van der Waals surface area contributed by atoms with Crippen LogP contribution in [-0.4, -0.2) is 0 Å². The van der Waals surface area contributed by atoms with Crippen LogP contribution in [0.4, 0.5) is 0 Å². The third kappa shape index (κ3) is 2.23. The average molecular weight is 203 g/mol. The molecule has 1 atom stereocenters. The van der Waals surface area contributed by atoms with Crippen LogP contribution in [0.25, 0.3) is 0 Å². The molecule has 0 saturated heterocycles. The summed E-state index contributed by atoms with van der Waals surface area (Å²) in [6.07, 6.45) is 3.99. The van der Waals surface area contributed by atoms with Crippen molar-refractivity contribution >= 4 is 0 Å². The highest BCUT2D eigenvalue weighted by Gasteiger charge is 2.25. The van der Waals surface area contributed by atoms with Gasteiger partial charge < -0.3 is 5.73 Å². The van der Waals surface area contributed by atoms with Crippen LogP contribution < -0.4 is 5.73 Å². The highest BCUT2D eigenvalue weighted by atomic mass is 14.7. The molecule has 0 aliphatic heterocycles. The minimum absolute atomic E-state index is 0.264. The van der Waals surface area contributed by atoms with Gasteiger partial charge in [0.25, 0.3) is 0 Å². The van der Waals surface area contributed by atoms with Crippen LogP contribution in [0.3, 0.4) is 0 Å². The first-order chi connectivity index (χ1) is 7.18. The van der Waals surface area contributed by atoms with Crippen LogP contribution in [0.2, 0.25) is 0 Å². The van der Waals surface area contributed by atoms with Gasteiger partial charge in [-0.15, -0.1) is 0 Å². The van der Waals surface area contributed by atoms with Gasteiger partial charge in [-0.25, -0.2) is 0 Å². The molecule has 1 aromatic rings. The summed E-state index contributed by atoms with van der Waals surface area (Å²) in [4.78, 5) is 0. The van der Waals surface area contributed by atoms with Gasteiger partial charge >= 0.3 is 0 Å². The Morgan fingerprint density at radius 3 is 2.00 bits per heavy atom. The van der Waals surface area contributed by atoms with Gasteiger partial charge in [-0.1, -0.05) is 44.5 Å². The van der Waals surface area contributed by atoms with E-state index >= 15 is 0 Å². The van der Waals surface area contributed by atoms with Crippen LogP contribution in [0.5, 0.6) is 0 Å². The lowest BCUT2D eigenvalue weighted by Crippen LogP contribution is -2.26. The first-order valence-corrected chi connectivity index (χ1v) is 6.04. The van der Waals surface area contributed by atoms with E-state index in [9.17, 15) is 0 Å². The van der Waals surface area contributed by atoms with E-state index in [1.807, 2.05) is 0 Å². The standard InChI is InChI=1S/C14H21N/c1-10(2)11-6-8-13(9-7-11)14(15)12-4-3-5-12/h6-10,12,14H,3-5,15H2,1-2H3/t14-/m1/s1. The summed E-state index contributed by atoms with van der Waals surface area (Å²) in [6, 6.07) is 9.12. The number of nitrogens with two attached hydrogens (primary N) is 1. The fraction of sp³-hybridized carbons (Fsp3) is 0.571. The van der Waals surface area contributed by atoms with Gasteiger partial charge in [-0.3, -0.25) is 0 Å². The molecule has 0 aromatic heterocycles. The van der Waals surface area contributed by atoms with Gasteiger partial charge in [0.2, 0.25) is 0 Å². The van der Waals surface area contributed by atoms with Crippen LogP contribution in [0.15, 0.2) is 24.3 Å². The minimum atomic E-state index is 0.264. The lowest BCUT2D eigenvalue weighted by molar-refractivity contribution is 0.264. The summed E-state index contributed by atoms with van der Waals surface area (Å²) in [6.45, 7) is 4.45. The van der Waals surface area contributed by atoms with Crippen molar-refractivity contribution in [3.05, 3.63) is 35.4 Å². The number of hydrogen-bond acceptors (Lipinski definition) is 1. The van der Waals surface area contributed by atoms with E-state index in [1.54, 1.807) is 0 Å². The Kier molecular flexibility index (Phi) is 3.11. The van der Waals surface area contributed by atoms with Crippen molar-refractivity contribution < 1.29 is 0 Å². The van der Waals surface area contributed by atoms with E-state index in [4.69, 9.17) is 5.73 Å². The first kappa shape index (κ1) is 10.7. The molecule has 15 heavy (non-hydrogen) atoms.